The molecule has 0 spiro atoms. The summed E-state index contributed by atoms with van der Waals surface area (Å²) in [6.07, 6.45) is 5.88. The number of rotatable bonds is 1. The number of benzene rings is 3. The van der Waals surface area contributed by atoms with Gasteiger partial charge in [0.1, 0.15) is 18.2 Å². The Bertz CT molecular complexity index is 2100. The van der Waals surface area contributed by atoms with E-state index in [4.69, 9.17) is 6.58 Å². The molecule has 2 aliphatic heterocycles. The average molecular weight is 554 g/mol. The molecule has 2 aromatic heterocycles. The van der Waals surface area contributed by atoms with Crippen molar-refractivity contribution < 1.29 is 9.13 Å². The van der Waals surface area contributed by atoms with E-state index in [1.807, 2.05) is 36.4 Å². The molecule has 0 amide bonds. The number of nitrogens with zero attached hydrogens (tertiary/aromatic N) is 5. The molecule has 4 heterocycles. The molecule has 0 saturated heterocycles. The van der Waals surface area contributed by atoms with Crippen LogP contribution in [-0.4, -0.2) is 0 Å². The summed E-state index contributed by atoms with van der Waals surface area (Å²) in [5.41, 5.74) is 10.8. The maximum atomic E-state index is 10.4. The standard InChI is InChI=1S/C38H27N5/c1-24-12-16-36-37-32(18-29(19-39)33(20-40)34(37)21-41)31-15-13-27-10-6-7-11-30(27)35-17-14-28(26-8-4-3-5-9-26)23-42(35)25(2)38(31)43(36)22-24/h3-12,14,16-18,22-23,31,38H,2,13,15H2,1H3/q+2. The molecule has 0 N–H and O–H groups in total. The van der Waals surface area contributed by atoms with Crippen LogP contribution in [0.15, 0.2) is 104 Å². The number of pyridine rings is 2. The second-order valence-corrected chi connectivity index (χ2v) is 11.3. The Morgan fingerprint density at radius 2 is 1.51 bits per heavy atom. The lowest BCUT2D eigenvalue weighted by Crippen LogP contribution is -2.53. The first-order valence-electron chi connectivity index (χ1n) is 14.4. The number of hydrogen-bond acceptors (Lipinski definition) is 3. The van der Waals surface area contributed by atoms with Gasteiger partial charge in [-0.1, -0.05) is 48.5 Å². The zero-order valence-corrected chi connectivity index (χ0v) is 23.7. The molecule has 5 heteroatoms. The van der Waals surface area contributed by atoms with Crippen LogP contribution in [0.1, 0.15) is 51.8 Å². The fourth-order valence-corrected chi connectivity index (χ4v) is 6.93. The number of hydrogen-bond donors (Lipinski definition) is 0. The number of aromatic nitrogens is 2. The summed E-state index contributed by atoms with van der Waals surface area (Å²) in [6, 6.07) is 35.5. The van der Waals surface area contributed by atoms with Crippen LogP contribution in [0.5, 0.6) is 0 Å². The summed E-state index contributed by atoms with van der Waals surface area (Å²) in [4.78, 5) is 0. The quantitative estimate of drug-likeness (QED) is 0.211. The molecular formula is C38H27N5+2. The molecule has 0 bridgehead atoms. The molecular weight excluding hydrogens is 526 g/mol. The number of aryl methyl sites for hydroxylation is 2. The molecule has 0 fully saturated rings. The second kappa shape index (κ2) is 10.2. The average Bonchev–Trinajstić information content (AvgIpc) is 3.10. The predicted molar refractivity (Wildman–Crippen MR) is 164 cm³/mol. The molecule has 0 radical (unpaired) electrons. The minimum atomic E-state index is -0.197. The minimum absolute atomic E-state index is 0.0966. The van der Waals surface area contributed by atoms with Crippen molar-refractivity contribution >= 4 is 5.70 Å². The fourth-order valence-electron chi connectivity index (χ4n) is 6.93. The molecule has 202 valence electrons. The van der Waals surface area contributed by atoms with Gasteiger partial charge in [0.15, 0.2) is 12.4 Å². The summed E-state index contributed by atoms with van der Waals surface area (Å²) in [7, 11) is 0. The van der Waals surface area contributed by atoms with Crippen LogP contribution < -0.4 is 9.13 Å². The van der Waals surface area contributed by atoms with Gasteiger partial charge in [0.05, 0.1) is 28.2 Å². The lowest BCUT2D eigenvalue weighted by Gasteiger charge is -2.30. The van der Waals surface area contributed by atoms with E-state index >= 15 is 0 Å². The van der Waals surface area contributed by atoms with E-state index in [0.29, 0.717) is 0 Å². The van der Waals surface area contributed by atoms with Crippen molar-refractivity contribution in [1.82, 2.24) is 0 Å². The van der Waals surface area contributed by atoms with Crippen molar-refractivity contribution in [3.05, 3.63) is 137 Å². The van der Waals surface area contributed by atoms with Gasteiger partial charge in [0.25, 0.3) is 0 Å². The maximum Gasteiger partial charge on any atom is 0.249 e. The summed E-state index contributed by atoms with van der Waals surface area (Å²) in [5, 5.41) is 30.4. The minimum Gasteiger partial charge on any atom is -0.192 e. The summed E-state index contributed by atoms with van der Waals surface area (Å²) in [6.45, 7) is 6.83. The molecule has 0 saturated carbocycles. The van der Waals surface area contributed by atoms with Crippen molar-refractivity contribution in [1.29, 1.82) is 15.8 Å². The van der Waals surface area contributed by atoms with Crippen molar-refractivity contribution in [3.63, 3.8) is 0 Å². The molecule has 5 aromatic rings. The molecule has 0 aliphatic carbocycles. The molecule has 2 aliphatic rings. The van der Waals surface area contributed by atoms with Gasteiger partial charge in [-0.3, -0.25) is 0 Å². The van der Waals surface area contributed by atoms with Crippen LogP contribution in [0.25, 0.3) is 39.3 Å². The van der Waals surface area contributed by atoms with Gasteiger partial charge in [-0.15, -0.1) is 0 Å². The lowest BCUT2D eigenvalue weighted by atomic mass is 9.75. The fraction of sp³-hybridized carbons (Fsp3) is 0.132. The smallest absolute Gasteiger partial charge is 0.192 e. The SMILES string of the molecule is C=C1C2C(CCc3ccccc3-c3ccc(-c4ccccc4)c[n+]31)c1cc(C#N)c(C#N)c(C#N)c1-c1ccc(C)c[n+]12. The van der Waals surface area contributed by atoms with Crippen molar-refractivity contribution in [2.75, 3.05) is 0 Å². The Kier molecular flexibility index (Phi) is 6.20. The second-order valence-electron chi connectivity index (χ2n) is 11.3. The first-order chi connectivity index (χ1) is 21.0. The number of fused-ring (bicyclic) bond motifs is 9. The van der Waals surface area contributed by atoms with Crippen LogP contribution in [0.2, 0.25) is 0 Å². The lowest BCUT2D eigenvalue weighted by molar-refractivity contribution is -0.727. The van der Waals surface area contributed by atoms with Crippen LogP contribution >= 0.6 is 0 Å². The van der Waals surface area contributed by atoms with Gasteiger partial charge in [0, 0.05) is 28.8 Å². The van der Waals surface area contributed by atoms with E-state index in [1.165, 1.54) is 5.56 Å². The van der Waals surface area contributed by atoms with Crippen LogP contribution in [0.3, 0.4) is 0 Å². The van der Waals surface area contributed by atoms with Crippen LogP contribution in [0.4, 0.5) is 0 Å². The van der Waals surface area contributed by atoms with Crippen LogP contribution in [0, 0.1) is 40.9 Å². The van der Waals surface area contributed by atoms with E-state index in [9.17, 15) is 15.8 Å². The first-order valence-corrected chi connectivity index (χ1v) is 14.4. The largest absolute Gasteiger partial charge is 0.249 e. The topological polar surface area (TPSA) is 79.1 Å². The Morgan fingerprint density at radius 1 is 0.767 bits per heavy atom. The monoisotopic (exact) mass is 553 g/mol. The highest BCUT2D eigenvalue weighted by molar-refractivity contribution is 5.78. The zero-order valence-electron chi connectivity index (χ0n) is 23.7. The van der Waals surface area contributed by atoms with E-state index in [2.05, 4.69) is 95.2 Å². The van der Waals surface area contributed by atoms with Gasteiger partial charge in [-0.25, -0.2) is 0 Å². The summed E-state index contributed by atoms with van der Waals surface area (Å²) >= 11 is 0. The Hall–Kier alpha value is -5.83. The van der Waals surface area contributed by atoms with E-state index < -0.39 is 0 Å². The van der Waals surface area contributed by atoms with Gasteiger partial charge >= 0.3 is 0 Å². The van der Waals surface area contributed by atoms with Crippen LogP contribution in [-0.2, 0) is 6.42 Å². The Morgan fingerprint density at radius 3 is 2.28 bits per heavy atom. The third-order valence-corrected chi connectivity index (χ3v) is 8.89. The van der Waals surface area contributed by atoms with E-state index in [1.54, 1.807) is 0 Å². The highest BCUT2D eigenvalue weighted by Gasteiger charge is 2.48. The number of allylic oxidation sites excluding steroid dienone is 1. The highest BCUT2D eigenvalue weighted by atomic mass is 15.1. The van der Waals surface area contributed by atoms with E-state index in [0.717, 1.165) is 63.3 Å². The van der Waals surface area contributed by atoms with Crippen molar-refractivity contribution in [3.8, 4) is 51.8 Å². The molecule has 3 aromatic carbocycles. The molecule has 43 heavy (non-hydrogen) atoms. The van der Waals surface area contributed by atoms with Crippen molar-refractivity contribution in [2.45, 2.75) is 31.7 Å². The Balaban J connectivity index is 1.56. The predicted octanol–water partition coefficient (Wildman–Crippen LogP) is 6.94. The Labute approximate surface area is 251 Å². The van der Waals surface area contributed by atoms with Gasteiger partial charge in [0.2, 0.25) is 23.1 Å². The normalized spacial score (nSPS) is 16.3. The summed E-state index contributed by atoms with van der Waals surface area (Å²) < 4.78 is 4.47. The van der Waals surface area contributed by atoms with E-state index in [-0.39, 0.29) is 28.7 Å². The number of nitriles is 3. The third kappa shape index (κ3) is 4.05. The van der Waals surface area contributed by atoms with Crippen molar-refractivity contribution in [2.24, 2.45) is 0 Å². The molecule has 7 rings (SSSR count). The molecule has 5 nitrogen and oxygen atoms in total. The molecule has 2 unspecified atom stereocenters. The first kappa shape index (κ1) is 26.1. The van der Waals surface area contributed by atoms with Gasteiger partial charge in [-0.05, 0) is 67.3 Å². The third-order valence-electron chi connectivity index (χ3n) is 8.89. The summed E-state index contributed by atoms with van der Waals surface area (Å²) in [5.74, 6) is -0.0966. The zero-order chi connectivity index (χ0) is 29.7. The maximum absolute atomic E-state index is 10.4. The highest BCUT2D eigenvalue weighted by Crippen LogP contribution is 2.47. The molecule has 2 atom stereocenters. The van der Waals surface area contributed by atoms with Gasteiger partial charge < -0.3 is 0 Å². The van der Waals surface area contributed by atoms with Gasteiger partial charge in [-0.2, -0.15) is 24.9 Å².